The first kappa shape index (κ1) is 14.9. The molecule has 0 saturated heterocycles. The fourth-order valence-corrected chi connectivity index (χ4v) is 0.959. The van der Waals surface area contributed by atoms with E-state index >= 15 is 0 Å². The van der Waals surface area contributed by atoms with E-state index in [2.05, 4.69) is 0 Å². The Morgan fingerprint density at radius 3 is 2.25 bits per heavy atom. The molecule has 0 aliphatic rings. The van der Waals surface area contributed by atoms with Gasteiger partial charge in [0.25, 0.3) is 0 Å². The Bertz CT molecular complexity index is 214. The van der Waals surface area contributed by atoms with Crippen LogP contribution in [0.5, 0.6) is 0 Å². The molecule has 0 saturated carbocycles. The van der Waals surface area contributed by atoms with Gasteiger partial charge in [0.15, 0.2) is 6.10 Å². The monoisotopic (exact) mass is 232 g/mol. The van der Waals surface area contributed by atoms with Gasteiger partial charge in [0.1, 0.15) is 0 Å². The van der Waals surface area contributed by atoms with Gasteiger partial charge >= 0.3 is 11.9 Å². The van der Waals surface area contributed by atoms with Crippen LogP contribution in [0.15, 0.2) is 0 Å². The van der Waals surface area contributed by atoms with Crippen LogP contribution in [-0.2, 0) is 19.1 Å². The Morgan fingerprint density at radius 1 is 1.12 bits per heavy atom. The largest absolute Gasteiger partial charge is 0.466 e. The lowest BCUT2D eigenvalue weighted by Gasteiger charge is -2.09. The molecule has 0 bridgehead atoms. The number of hydrogen-bond acceptors (Lipinski definition) is 5. The molecule has 0 aliphatic heterocycles. The summed E-state index contributed by atoms with van der Waals surface area (Å²) in [6, 6.07) is 0. The molecule has 0 fully saturated rings. The van der Waals surface area contributed by atoms with E-state index in [1.165, 1.54) is 0 Å². The van der Waals surface area contributed by atoms with Crippen molar-refractivity contribution in [1.29, 1.82) is 0 Å². The van der Waals surface area contributed by atoms with Crippen LogP contribution in [0.3, 0.4) is 0 Å². The molecule has 5 nitrogen and oxygen atoms in total. The molecule has 0 amide bonds. The van der Waals surface area contributed by atoms with Gasteiger partial charge in [0, 0.05) is 6.42 Å². The highest BCUT2D eigenvalue weighted by atomic mass is 16.5. The van der Waals surface area contributed by atoms with Gasteiger partial charge in [-0.15, -0.1) is 0 Å². The molecule has 16 heavy (non-hydrogen) atoms. The van der Waals surface area contributed by atoms with Crippen LogP contribution in [0.1, 0.15) is 39.5 Å². The van der Waals surface area contributed by atoms with Crippen LogP contribution in [-0.4, -0.2) is 36.4 Å². The summed E-state index contributed by atoms with van der Waals surface area (Å²) >= 11 is 0. The molecule has 0 radical (unpaired) electrons. The molecule has 0 rings (SSSR count). The summed E-state index contributed by atoms with van der Waals surface area (Å²) in [5.41, 5.74) is 0. The third-order valence-corrected chi connectivity index (χ3v) is 1.81. The lowest BCUT2D eigenvalue weighted by molar-refractivity contribution is -0.154. The maximum Gasteiger partial charge on any atom is 0.334 e. The van der Waals surface area contributed by atoms with Crippen molar-refractivity contribution in [1.82, 2.24) is 0 Å². The van der Waals surface area contributed by atoms with E-state index in [1.807, 2.05) is 13.8 Å². The molecular weight excluding hydrogens is 212 g/mol. The third-order valence-electron chi connectivity index (χ3n) is 1.81. The van der Waals surface area contributed by atoms with E-state index in [-0.39, 0.29) is 19.4 Å². The maximum absolute atomic E-state index is 11.1. The number of carbonyl (C=O) groups excluding carboxylic acids is 2. The third kappa shape index (κ3) is 7.23. The average molecular weight is 232 g/mol. The van der Waals surface area contributed by atoms with Crippen molar-refractivity contribution in [3.8, 4) is 0 Å². The maximum atomic E-state index is 11.1. The van der Waals surface area contributed by atoms with Gasteiger partial charge in [-0.3, -0.25) is 4.79 Å². The Labute approximate surface area is 95.7 Å². The van der Waals surface area contributed by atoms with E-state index in [9.17, 15) is 14.7 Å². The molecule has 0 aromatic heterocycles. The lowest BCUT2D eigenvalue weighted by Crippen LogP contribution is -2.24. The summed E-state index contributed by atoms with van der Waals surface area (Å²) in [5.74, 6) is -1.07. The average Bonchev–Trinajstić information content (AvgIpc) is 2.30. The number of ether oxygens (including phenoxy) is 2. The standard InChI is InChI=1S/C11H20O5/c1-3-7-15-10(13)6-5-9(12)11(14)16-8-4-2/h9,12H,3-8H2,1-2H3/t9-/m1/s1. The molecule has 0 unspecified atom stereocenters. The molecule has 0 spiro atoms. The minimum Gasteiger partial charge on any atom is -0.466 e. The van der Waals surface area contributed by atoms with Gasteiger partial charge in [0.05, 0.1) is 13.2 Å². The van der Waals surface area contributed by atoms with Crippen LogP contribution < -0.4 is 0 Å². The van der Waals surface area contributed by atoms with Gasteiger partial charge in [-0.05, 0) is 19.3 Å². The van der Waals surface area contributed by atoms with E-state index in [0.29, 0.717) is 13.0 Å². The van der Waals surface area contributed by atoms with Crippen molar-refractivity contribution < 1.29 is 24.2 Å². The highest BCUT2D eigenvalue weighted by Crippen LogP contribution is 2.02. The summed E-state index contributed by atoms with van der Waals surface area (Å²) < 4.78 is 9.53. The fourth-order valence-electron chi connectivity index (χ4n) is 0.959. The molecule has 1 atom stereocenters. The molecule has 0 aromatic carbocycles. The molecule has 1 N–H and O–H groups in total. The van der Waals surface area contributed by atoms with Gasteiger partial charge in [-0.25, -0.2) is 4.79 Å². The van der Waals surface area contributed by atoms with E-state index < -0.39 is 18.0 Å². The minimum absolute atomic E-state index is 0.0302. The number of aliphatic hydroxyl groups is 1. The lowest BCUT2D eigenvalue weighted by atomic mass is 10.2. The van der Waals surface area contributed by atoms with E-state index in [1.54, 1.807) is 0 Å². The Hall–Kier alpha value is -1.10. The Morgan fingerprint density at radius 2 is 1.69 bits per heavy atom. The zero-order valence-electron chi connectivity index (χ0n) is 9.90. The Balaban J connectivity index is 3.66. The number of aliphatic hydroxyl groups excluding tert-OH is 1. The summed E-state index contributed by atoms with van der Waals surface area (Å²) in [6.07, 6.45) is 0.304. The van der Waals surface area contributed by atoms with Crippen molar-refractivity contribution in [3.63, 3.8) is 0 Å². The molecular formula is C11H20O5. The first-order chi connectivity index (χ1) is 7.61. The molecule has 0 aliphatic carbocycles. The van der Waals surface area contributed by atoms with Crippen molar-refractivity contribution in [2.24, 2.45) is 0 Å². The highest BCUT2D eigenvalue weighted by molar-refractivity contribution is 5.76. The second-order valence-corrected chi connectivity index (χ2v) is 3.44. The predicted octanol–water partition coefficient (Wildman–Crippen LogP) is 1.03. The van der Waals surface area contributed by atoms with Crippen LogP contribution >= 0.6 is 0 Å². The number of rotatable bonds is 8. The summed E-state index contributed by atoms with van der Waals surface area (Å²) in [7, 11) is 0. The van der Waals surface area contributed by atoms with Crippen LogP contribution in [0, 0.1) is 0 Å². The minimum atomic E-state index is -1.24. The zero-order valence-corrected chi connectivity index (χ0v) is 9.90. The molecule has 0 heterocycles. The smallest absolute Gasteiger partial charge is 0.334 e. The Kier molecular flexibility index (Phi) is 8.52. The van der Waals surface area contributed by atoms with Gasteiger partial charge in [-0.2, -0.15) is 0 Å². The second kappa shape index (κ2) is 9.15. The normalized spacial score (nSPS) is 11.9. The van der Waals surface area contributed by atoms with Crippen molar-refractivity contribution in [2.75, 3.05) is 13.2 Å². The topological polar surface area (TPSA) is 72.8 Å². The van der Waals surface area contributed by atoms with Crippen molar-refractivity contribution >= 4 is 11.9 Å². The highest BCUT2D eigenvalue weighted by Gasteiger charge is 2.17. The summed E-state index contributed by atoms with van der Waals surface area (Å²) in [6.45, 7) is 4.41. The van der Waals surface area contributed by atoms with Gasteiger partial charge < -0.3 is 14.6 Å². The number of esters is 2. The van der Waals surface area contributed by atoms with Crippen LogP contribution in [0.2, 0.25) is 0 Å². The first-order valence-electron chi connectivity index (χ1n) is 5.62. The van der Waals surface area contributed by atoms with E-state index in [0.717, 1.165) is 6.42 Å². The number of carbonyl (C=O) groups is 2. The predicted molar refractivity (Wildman–Crippen MR) is 57.7 cm³/mol. The van der Waals surface area contributed by atoms with Crippen molar-refractivity contribution in [3.05, 3.63) is 0 Å². The number of hydrogen-bond donors (Lipinski definition) is 1. The zero-order chi connectivity index (χ0) is 12.4. The SMILES string of the molecule is CCCOC(=O)CC[C@@H](O)C(=O)OCCC. The second-order valence-electron chi connectivity index (χ2n) is 3.44. The fraction of sp³-hybridized carbons (Fsp3) is 0.818. The van der Waals surface area contributed by atoms with Gasteiger partial charge in [-0.1, -0.05) is 13.8 Å². The molecule has 0 aromatic rings. The van der Waals surface area contributed by atoms with Crippen LogP contribution in [0.25, 0.3) is 0 Å². The summed E-state index contributed by atoms with van der Waals surface area (Å²) in [5, 5.41) is 9.34. The first-order valence-corrected chi connectivity index (χ1v) is 5.62. The summed E-state index contributed by atoms with van der Waals surface area (Å²) in [4.78, 5) is 22.2. The molecule has 5 heteroatoms. The van der Waals surface area contributed by atoms with Crippen molar-refractivity contribution in [2.45, 2.75) is 45.6 Å². The quantitative estimate of drug-likeness (QED) is 0.633. The van der Waals surface area contributed by atoms with E-state index in [4.69, 9.17) is 9.47 Å². The molecule has 94 valence electrons. The van der Waals surface area contributed by atoms with Gasteiger partial charge in [0.2, 0.25) is 0 Å². The van der Waals surface area contributed by atoms with Crippen LogP contribution in [0.4, 0.5) is 0 Å².